The molecule has 21 heavy (non-hydrogen) atoms. The summed E-state index contributed by atoms with van der Waals surface area (Å²) in [5.74, 6) is -0.588. The van der Waals surface area contributed by atoms with Crippen LogP contribution in [-0.2, 0) is 19.1 Å². The Morgan fingerprint density at radius 1 is 1.33 bits per heavy atom. The predicted molar refractivity (Wildman–Crippen MR) is 80.7 cm³/mol. The fraction of sp³-hybridized carbons (Fsp3) is 0.750. The summed E-state index contributed by atoms with van der Waals surface area (Å²) in [7, 11) is 0. The molecule has 1 saturated carbocycles. The van der Waals surface area contributed by atoms with Crippen molar-refractivity contribution >= 4 is 11.9 Å². The first-order valence-corrected chi connectivity index (χ1v) is 7.54. The molecule has 1 amide bonds. The van der Waals surface area contributed by atoms with Crippen molar-refractivity contribution < 1.29 is 19.1 Å². The molecule has 0 spiro atoms. The van der Waals surface area contributed by atoms with Crippen LogP contribution in [0, 0.1) is 5.92 Å². The third-order valence-electron chi connectivity index (χ3n) is 3.27. The zero-order valence-corrected chi connectivity index (χ0v) is 13.3. The smallest absolute Gasteiger partial charge is 0.325 e. The fourth-order valence-electron chi connectivity index (χ4n) is 2.42. The van der Waals surface area contributed by atoms with E-state index >= 15 is 0 Å². The Morgan fingerprint density at radius 2 is 2.05 bits per heavy atom. The van der Waals surface area contributed by atoms with E-state index in [0.717, 1.165) is 19.3 Å². The van der Waals surface area contributed by atoms with Gasteiger partial charge in [0.25, 0.3) is 0 Å². The Labute approximate surface area is 127 Å². The number of ether oxygens (including phenoxy) is 2. The van der Waals surface area contributed by atoms with Gasteiger partial charge in [0.05, 0.1) is 12.7 Å². The molecule has 0 aromatic heterocycles. The minimum absolute atomic E-state index is 0.0786. The topological polar surface area (TPSA) is 64.6 Å². The molecule has 5 heteroatoms. The molecule has 1 rings (SSSR count). The lowest BCUT2D eigenvalue weighted by atomic mass is 9.86. The van der Waals surface area contributed by atoms with Gasteiger partial charge in [0, 0.05) is 5.92 Å². The molecule has 0 saturated heterocycles. The molecule has 0 heterocycles. The second-order valence-corrected chi connectivity index (χ2v) is 6.41. The van der Waals surface area contributed by atoms with Gasteiger partial charge in [-0.15, -0.1) is 6.58 Å². The zero-order chi connectivity index (χ0) is 15.9. The van der Waals surface area contributed by atoms with Gasteiger partial charge < -0.3 is 14.8 Å². The number of carbonyl (C=O) groups is 2. The van der Waals surface area contributed by atoms with Crippen LogP contribution in [0.2, 0.25) is 0 Å². The first-order valence-electron chi connectivity index (χ1n) is 7.54. The van der Waals surface area contributed by atoms with Crippen molar-refractivity contribution in [3.63, 3.8) is 0 Å². The molecular formula is C16H27NO4. The van der Waals surface area contributed by atoms with E-state index < -0.39 is 11.6 Å². The summed E-state index contributed by atoms with van der Waals surface area (Å²) in [4.78, 5) is 23.7. The second-order valence-electron chi connectivity index (χ2n) is 6.41. The van der Waals surface area contributed by atoms with E-state index in [9.17, 15) is 9.59 Å². The van der Waals surface area contributed by atoms with Gasteiger partial charge in [-0.1, -0.05) is 12.5 Å². The molecule has 0 bridgehead atoms. The lowest BCUT2D eigenvalue weighted by Gasteiger charge is -2.28. The van der Waals surface area contributed by atoms with Crippen LogP contribution in [0.1, 0.15) is 46.5 Å². The maximum atomic E-state index is 12.1. The summed E-state index contributed by atoms with van der Waals surface area (Å²) >= 11 is 0. The van der Waals surface area contributed by atoms with E-state index in [1.54, 1.807) is 26.8 Å². The molecule has 0 aromatic carbocycles. The van der Waals surface area contributed by atoms with Crippen LogP contribution in [0.15, 0.2) is 12.7 Å². The molecular weight excluding hydrogens is 270 g/mol. The van der Waals surface area contributed by atoms with Gasteiger partial charge in [0.1, 0.15) is 12.1 Å². The predicted octanol–water partition coefficient (Wildman–Crippen LogP) is 2.21. The number of hydrogen-bond donors (Lipinski definition) is 1. The van der Waals surface area contributed by atoms with Crippen LogP contribution in [-0.4, -0.2) is 36.7 Å². The van der Waals surface area contributed by atoms with E-state index in [2.05, 4.69) is 11.9 Å². The molecule has 1 fully saturated rings. The summed E-state index contributed by atoms with van der Waals surface area (Å²) < 4.78 is 10.8. The summed E-state index contributed by atoms with van der Waals surface area (Å²) in [5, 5.41) is 2.66. The highest BCUT2D eigenvalue weighted by Gasteiger charge is 2.28. The van der Waals surface area contributed by atoms with Crippen LogP contribution in [0.5, 0.6) is 0 Å². The molecule has 0 aromatic rings. The highest BCUT2D eigenvalue weighted by Crippen LogP contribution is 2.26. The van der Waals surface area contributed by atoms with Crippen molar-refractivity contribution in [2.45, 2.75) is 58.2 Å². The molecule has 2 atom stereocenters. The number of nitrogens with one attached hydrogen (secondary N) is 1. The van der Waals surface area contributed by atoms with Gasteiger partial charge in [0.15, 0.2) is 0 Å². The lowest BCUT2D eigenvalue weighted by molar-refractivity contribution is -0.154. The van der Waals surface area contributed by atoms with Crippen molar-refractivity contribution in [2.24, 2.45) is 5.92 Å². The molecule has 1 aliphatic rings. The van der Waals surface area contributed by atoms with E-state index in [1.165, 1.54) is 0 Å². The number of hydrogen-bond acceptors (Lipinski definition) is 4. The first-order chi connectivity index (χ1) is 9.81. The van der Waals surface area contributed by atoms with Gasteiger partial charge >= 0.3 is 5.97 Å². The van der Waals surface area contributed by atoms with Crippen LogP contribution >= 0.6 is 0 Å². The third kappa shape index (κ3) is 7.27. The minimum Gasteiger partial charge on any atom is -0.459 e. The van der Waals surface area contributed by atoms with Crippen molar-refractivity contribution in [3.05, 3.63) is 12.7 Å². The number of esters is 1. The molecule has 120 valence electrons. The Balaban J connectivity index is 2.34. The van der Waals surface area contributed by atoms with Crippen molar-refractivity contribution in [3.8, 4) is 0 Å². The van der Waals surface area contributed by atoms with Crippen LogP contribution in [0.3, 0.4) is 0 Å². The van der Waals surface area contributed by atoms with Crippen molar-refractivity contribution in [1.82, 2.24) is 5.32 Å². The molecule has 0 radical (unpaired) electrons. The van der Waals surface area contributed by atoms with Crippen LogP contribution in [0.4, 0.5) is 0 Å². The van der Waals surface area contributed by atoms with Crippen LogP contribution < -0.4 is 5.32 Å². The Morgan fingerprint density at radius 3 is 2.67 bits per heavy atom. The molecule has 1 N–H and O–H groups in total. The standard InChI is InChI=1S/C16H27NO4/c1-5-9-20-13-8-6-7-12(10-13)15(19)17-11-14(18)21-16(2,3)4/h5,12-13H,1,6-11H2,2-4H3,(H,17,19). The highest BCUT2D eigenvalue weighted by atomic mass is 16.6. The van der Waals surface area contributed by atoms with E-state index in [0.29, 0.717) is 13.0 Å². The SMILES string of the molecule is C=CCOC1CCCC(C(=O)NCC(=O)OC(C)(C)C)C1. The Hall–Kier alpha value is -1.36. The molecule has 2 unspecified atom stereocenters. The van der Waals surface area contributed by atoms with Crippen molar-refractivity contribution in [2.75, 3.05) is 13.2 Å². The number of rotatable bonds is 6. The summed E-state index contributed by atoms with van der Waals surface area (Å²) in [5.41, 5.74) is -0.531. The molecule has 0 aliphatic heterocycles. The fourth-order valence-corrected chi connectivity index (χ4v) is 2.42. The summed E-state index contributed by atoms with van der Waals surface area (Å²) in [6.07, 6.45) is 5.30. The third-order valence-corrected chi connectivity index (χ3v) is 3.27. The average molecular weight is 297 g/mol. The van der Waals surface area contributed by atoms with E-state index in [1.807, 2.05) is 0 Å². The highest BCUT2D eigenvalue weighted by molar-refractivity contribution is 5.83. The minimum atomic E-state index is -0.531. The Kier molecular flexibility index (Phi) is 6.89. The normalized spacial score (nSPS) is 22.4. The number of amides is 1. The lowest BCUT2D eigenvalue weighted by Crippen LogP contribution is -2.40. The maximum Gasteiger partial charge on any atom is 0.325 e. The second kappa shape index (κ2) is 8.17. The summed E-state index contributed by atoms with van der Waals surface area (Å²) in [6.45, 7) is 9.46. The average Bonchev–Trinajstić information content (AvgIpc) is 2.41. The first kappa shape index (κ1) is 17.7. The monoisotopic (exact) mass is 297 g/mol. The molecule has 1 aliphatic carbocycles. The van der Waals surface area contributed by atoms with E-state index in [4.69, 9.17) is 9.47 Å². The van der Waals surface area contributed by atoms with Crippen LogP contribution in [0.25, 0.3) is 0 Å². The van der Waals surface area contributed by atoms with Gasteiger partial charge in [-0.2, -0.15) is 0 Å². The van der Waals surface area contributed by atoms with Gasteiger partial charge in [-0.25, -0.2) is 0 Å². The number of carbonyl (C=O) groups excluding carboxylic acids is 2. The van der Waals surface area contributed by atoms with Crippen molar-refractivity contribution in [1.29, 1.82) is 0 Å². The molecule has 5 nitrogen and oxygen atoms in total. The Bertz CT molecular complexity index is 373. The van der Waals surface area contributed by atoms with Gasteiger partial charge in [-0.3, -0.25) is 9.59 Å². The van der Waals surface area contributed by atoms with Gasteiger partial charge in [0.2, 0.25) is 5.91 Å². The van der Waals surface area contributed by atoms with E-state index in [-0.39, 0.29) is 24.5 Å². The maximum absolute atomic E-state index is 12.1. The zero-order valence-electron chi connectivity index (χ0n) is 13.3. The quantitative estimate of drug-likeness (QED) is 0.603. The largest absolute Gasteiger partial charge is 0.459 e. The van der Waals surface area contributed by atoms with Gasteiger partial charge in [-0.05, 0) is 40.0 Å². The summed E-state index contributed by atoms with van der Waals surface area (Å²) in [6, 6.07) is 0.